The highest BCUT2D eigenvalue weighted by Gasteiger charge is 2.39. The van der Waals surface area contributed by atoms with E-state index in [0.29, 0.717) is 17.1 Å². The number of fused-ring (bicyclic) bond motifs is 1. The van der Waals surface area contributed by atoms with Crippen molar-refractivity contribution in [2.75, 3.05) is 45.3 Å². The van der Waals surface area contributed by atoms with Crippen LogP contribution in [0.2, 0.25) is 5.02 Å². The molecule has 0 N–H and O–H groups in total. The molecule has 2 heterocycles. The Bertz CT molecular complexity index is 865. The van der Waals surface area contributed by atoms with Gasteiger partial charge in [-0.2, -0.15) is 0 Å². The number of hydrogen-bond donors (Lipinski definition) is 0. The molecule has 0 spiro atoms. The number of nitrogens with zero attached hydrogens (tertiary/aromatic N) is 2. The lowest BCUT2D eigenvalue weighted by molar-refractivity contribution is -0.0251. The van der Waals surface area contributed by atoms with E-state index in [0.717, 1.165) is 42.5 Å². The molecule has 0 bridgehead atoms. The lowest BCUT2D eigenvalue weighted by Crippen LogP contribution is -2.47. The van der Waals surface area contributed by atoms with E-state index in [1.807, 2.05) is 30.3 Å². The monoisotopic (exact) mass is 388 g/mol. The van der Waals surface area contributed by atoms with Crippen LogP contribution in [0.4, 0.5) is 5.69 Å². The molecule has 0 radical (unpaired) electrons. The SMILES string of the molecule is COc1ccc2c(c1OC)C(=O)O[C@H]2N1CCN(c2cccc(Cl)c2)CC1. The van der Waals surface area contributed by atoms with Crippen molar-refractivity contribution in [1.82, 2.24) is 4.90 Å². The molecular formula is C20H21ClN2O4. The predicted octanol–water partition coefficient (Wildman–Crippen LogP) is 3.35. The average Bonchev–Trinajstić information content (AvgIpc) is 3.04. The third-order valence-electron chi connectivity index (χ3n) is 5.09. The van der Waals surface area contributed by atoms with Crippen LogP contribution < -0.4 is 14.4 Å². The van der Waals surface area contributed by atoms with Gasteiger partial charge < -0.3 is 19.1 Å². The molecule has 0 aliphatic carbocycles. The van der Waals surface area contributed by atoms with Crippen molar-refractivity contribution in [2.45, 2.75) is 6.23 Å². The molecule has 1 saturated heterocycles. The number of carbonyl (C=O) groups excluding carboxylic acids is 1. The van der Waals surface area contributed by atoms with Crippen LogP contribution in [0.25, 0.3) is 0 Å². The van der Waals surface area contributed by atoms with Gasteiger partial charge in [0, 0.05) is 42.5 Å². The highest BCUT2D eigenvalue weighted by Crippen LogP contribution is 2.43. The fourth-order valence-electron chi connectivity index (χ4n) is 3.74. The second-order valence-electron chi connectivity index (χ2n) is 6.53. The maximum Gasteiger partial charge on any atom is 0.344 e. The molecule has 2 aliphatic heterocycles. The first kappa shape index (κ1) is 17.9. The summed E-state index contributed by atoms with van der Waals surface area (Å²) in [5.74, 6) is 0.586. The van der Waals surface area contributed by atoms with Gasteiger partial charge in [0.1, 0.15) is 5.56 Å². The second-order valence-corrected chi connectivity index (χ2v) is 6.96. The minimum atomic E-state index is -0.395. The molecule has 6 nitrogen and oxygen atoms in total. The first-order chi connectivity index (χ1) is 13.1. The van der Waals surface area contributed by atoms with Crippen LogP contribution in [0.15, 0.2) is 36.4 Å². The van der Waals surface area contributed by atoms with E-state index >= 15 is 0 Å². The first-order valence-corrected chi connectivity index (χ1v) is 9.20. The summed E-state index contributed by atoms with van der Waals surface area (Å²) in [4.78, 5) is 16.9. The molecule has 2 aliphatic rings. The van der Waals surface area contributed by atoms with Crippen LogP contribution in [0.1, 0.15) is 22.1 Å². The van der Waals surface area contributed by atoms with E-state index in [1.165, 1.54) is 7.11 Å². The van der Waals surface area contributed by atoms with E-state index in [9.17, 15) is 4.79 Å². The summed E-state index contributed by atoms with van der Waals surface area (Å²) in [5.41, 5.74) is 2.39. The molecule has 0 unspecified atom stereocenters. The summed E-state index contributed by atoms with van der Waals surface area (Å²) in [6.45, 7) is 3.21. The zero-order valence-corrected chi connectivity index (χ0v) is 16.0. The van der Waals surface area contributed by atoms with Crippen LogP contribution in [0, 0.1) is 0 Å². The van der Waals surface area contributed by atoms with Crippen molar-refractivity contribution in [1.29, 1.82) is 0 Å². The molecule has 4 rings (SSSR count). The number of piperazine rings is 1. The van der Waals surface area contributed by atoms with Gasteiger partial charge >= 0.3 is 5.97 Å². The molecule has 0 amide bonds. The Morgan fingerprint density at radius 1 is 1.07 bits per heavy atom. The molecule has 2 aromatic carbocycles. The number of rotatable bonds is 4. The molecule has 142 valence electrons. The Morgan fingerprint density at radius 3 is 2.52 bits per heavy atom. The van der Waals surface area contributed by atoms with Crippen LogP contribution in [0.3, 0.4) is 0 Å². The van der Waals surface area contributed by atoms with Gasteiger partial charge in [-0.3, -0.25) is 4.90 Å². The van der Waals surface area contributed by atoms with Gasteiger partial charge in [0.05, 0.1) is 14.2 Å². The van der Waals surface area contributed by atoms with E-state index in [-0.39, 0.29) is 5.97 Å². The fraction of sp³-hybridized carbons (Fsp3) is 0.350. The fourth-order valence-corrected chi connectivity index (χ4v) is 3.93. The normalized spacial score (nSPS) is 19.6. The van der Waals surface area contributed by atoms with Crippen molar-refractivity contribution in [3.05, 3.63) is 52.5 Å². The number of benzene rings is 2. The standard InChI is InChI=1S/C20H21ClN2O4/c1-25-16-7-6-15-17(18(16)26-2)20(24)27-19(15)23-10-8-22(9-11-23)14-5-3-4-13(21)12-14/h3-7,12,19H,8-11H2,1-2H3/t19-/m1/s1. The van der Waals surface area contributed by atoms with E-state index in [4.69, 9.17) is 25.8 Å². The van der Waals surface area contributed by atoms with E-state index in [1.54, 1.807) is 7.11 Å². The maximum atomic E-state index is 12.5. The molecule has 2 aromatic rings. The third-order valence-corrected chi connectivity index (χ3v) is 5.32. The van der Waals surface area contributed by atoms with Crippen LogP contribution in [0.5, 0.6) is 11.5 Å². The Labute approximate surface area is 163 Å². The lowest BCUT2D eigenvalue weighted by atomic mass is 10.1. The Kier molecular flexibility index (Phi) is 4.85. The zero-order chi connectivity index (χ0) is 19.0. The van der Waals surface area contributed by atoms with Crippen molar-refractivity contribution < 1.29 is 19.0 Å². The third kappa shape index (κ3) is 3.19. The average molecular weight is 389 g/mol. The number of methoxy groups -OCH3 is 2. The molecule has 0 aromatic heterocycles. The van der Waals surface area contributed by atoms with Gasteiger partial charge in [-0.1, -0.05) is 17.7 Å². The highest BCUT2D eigenvalue weighted by atomic mass is 35.5. The Morgan fingerprint density at radius 2 is 1.85 bits per heavy atom. The summed E-state index contributed by atoms with van der Waals surface area (Å²) >= 11 is 6.11. The summed E-state index contributed by atoms with van der Waals surface area (Å²) in [5, 5.41) is 0.731. The number of cyclic esters (lactones) is 1. The quantitative estimate of drug-likeness (QED) is 0.749. The Hall–Kier alpha value is -2.44. The number of anilines is 1. The topological polar surface area (TPSA) is 51.2 Å². The molecule has 0 saturated carbocycles. The summed E-state index contributed by atoms with van der Waals surface area (Å²) in [7, 11) is 3.08. The second kappa shape index (κ2) is 7.29. The van der Waals surface area contributed by atoms with Crippen molar-refractivity contribution >= 4 is 23.3 Å². The van der Waals surface area contributed by atoms with Gasteiger partial charge in [-0.05, 0) is 30.3 Å². The molecule has 1 atom stereocenters. The number of hydrogen-bond acceptors (Lipinski definition) is 6. The number of halogens is 1. The Balaban J connectivity index is 1.53. The van der Waals surface area contributed by atoms with Crippen LogP contribution >= 0.6 is 11.6 Å². The minimum Gasteiger partial charge on any atom is -0.493 e. The zero-order valence-electron chi connectivity index (χ0n) is 15.3. The van der Waals surface area contributed by atoms with Crippen LogP contribution in [-0.4, -0.2) is 51.3 Å². The molecule has 27 heavy (non-hydrogen) atoms. The number of esters is 1. The van der Waals surface area contributed by atoms with Gasteiger partial charge in [-0.15, -0.1) is 0 Å². The smallest absolute Gasteiger partial charge is 0.344 e. The van der Waals surface area contributed by atoms with E-state index in [2.05, 4.69) is 15.9 Å². The van der Waals surface area contributed by atoms with Gasteiger partial charge in [0.25, 0.3) is 0 Å². The largest absolute Gasteiger partial charge is 0.493 e. The van der Waals surface area contributed by atoms with Gasteiger partial charge in [-0.25, -0.2) is 4.79 Å². The molecule has 7 heteroatoms. The van der Waals surface area contributed by atoms with Crippen molar-refractivity contribution in [3.8, 4) is 11.5 Å². The molecule has 1 fully saturated rings. The van der Waals surface area contributed by atoms with Gasteiger partial charge in [0.2, 0.25) is 0 Å². The van der Waals surface area contributed by atoms with Gasteiger partial charge in [0.15, 0.2) is 17.7 Å². The highest BCUT2D eigenvalue weighted by molar-refractivity contribution is 6.30. The summed E-state index contributed by atoms with van der Waals surface area (Å²) in [6, 6.07) is 11.6. The maximum absolute atomic E-state index is 12.5. The lowest BCUT2D eigenvalue weighted by Gasteiger charge is -2.38. The summed E-state index contributed by atoms with van der Waals surface area (Å²) in [6.07, 6.45) is -0.395. The first-order valence-electron chi connectivity index (χ1n) is 8.83. The van der Waals surface area contributed by atoms with Crippen LogP contribution in [-0.2, 0) is 4.74 Å². The van der Waals surface area contributed by atoms with Crippen molar-refractivity contribution in [3.63, 3.8) is 0 Å². The number of carbonyl (C=O) groups is 1. The number of ether oxygens (including phenoxy) is 3. The minimum absolute atomic E-state index is 0.372. The summed E-state index contributed by atoms with van der Waals surface area (Å²) < 4.78 is 16.4. The van der Waals surface area contributed by atoms with E-state index < -0.39 is 6.23 Å². The predicted molar refractivity (Wildman–Crippen MR) is 103 cm³/mol. The van der Waals surface area contributed by atoms with Crippen molar-refractivity contribution in [2.24, 2.45) is 0 Å². The molecular weight excluding hydrogens is 368 g/mol.